The van der Waals surface area contributed by atoms with Crippen molar-refractivity contribution in [3.63, 3.8) is 0 Å². The Kier molecular flexibility index (Phi) is 8.02. The Bertz CT molecular complexity index is 277. The lowest BCUT2D eigenvalue weighted by Gasteiger charge is -2.19. The molecule has 0 spiro atoms. The molecule has 0 aromatic carbocycles. The summed E-state index contributed by atoms with van der Waals surface area (Å²) >= 11 is 1.49. The molecule has 6 heteroatoms. The van der Waals surface area contributed by atoms with Crippen LogP contribution in [0.1, 0.15) is 27.2 Å². The molecule has 0 rings (SSSR count). The van der Waals surface area contributed by atoms with E-state index in [0.29, 0.717) is 18.1 Å². The highest BCUT2D eigenvalue weighted by Crippen LogP contribution is 2.10. The number of thioether (sulfide) groups is 1. The molecule has 0 aromatic heterocycles. The van der Waals surface area contributed by atoms with Gasteiger partial charge in [-0.05, 0) is 20.3 Å². The van der Waals surface area contributed by atoms with Gasteiger partial charge in [0.1, 0.15) is 0 Å². The van der Waals surface area contributed by atoms with Crippen molar-refractivity contribution < 1.29 is 9.59 Å². The third-order valence-corrected chi connectivity index (χ3v) is 3.48. The second-order valence-corrected chi connectivity index (χ2v) is 6.07. The van der Waals surface area contributed by atoms with E-state index in [1.54, 1.807) is 7.05 Å². The number of nitrogens with one attached hydrogen (secondary N) is 1. The third-order valence-electron chi connectivity index (χ3n) is 2.08. The highest BCUT2D eigenvalue weighted by molar-refractivity contribution is 8.00. The van der Waals surface area contributed by atoms with E-state index < -0.39 is 0 Å². The molecule has 106 valence electrons. The molecule has 0 fully saturated rings. The topological polar surface area (TPSA) is 75.4 Å². The number of hydrogen-bond donors (Lipinski definition) is 2. The third kappa shape index (κ3) is 9.30. The van der Waals surface area contributed by atoms with Gasteiger partial charge in [-0.3, -0.25) is 9.59 Å². The number of rotatable bonds is 8. The Balaban J connectivity index is 3.86. The van der Waals surface area contributed by atoms with Gasteiger partial charge in [0, 0.05) is 24.9 Å². The summed E-state index contributed by atoms with van der Waals surface area (Å²) in [5, 5.41) is 2.74. The second-order valence-electron chi connectivity index (χ2n) is 5.08. The Morgan fingerprint density at radius 3 is 2.50 bits per heavy atom. The first kappa shape index (κ1) is 17.2. The highest BCUT2D eigenvalue weighted by atomic mass is 32.2. The largest absolute Gasteiger partial charge is 0.355 e. The molecule has 0 atom stereocenters. The van der Waals surface area contributed by atoms with Crippen molar-refractivity contribution in [1.29, 1.82) is 0 Å². The van der Waals surface area contributed by atoms with Gasteiger partial charge in [-0.2, -0.15) is 11.8 Å². The zero-order valence-corrected chi connectivity index (χ0v) is 12.6. The van der Waals surface area contributed by atoms with E-state index in [1.165, 1.54) is 16.7 Å². The van der Waals surface area contributed by atoms with Crippen LogP contribution in [0, 0.1) is 0 Å². The first-order chi connectivity index (χ1) is 8.26. The number of hydrogen-bond acceptors (Lipinski definition) is 4. The minimum atomic E-state index is -0.276. The Morgan fingerprint density at radius 1 is 1.39 bits per heavy atom. The van der Waals surface area contributed by atoms with Gasteiger partial charge in [0.2, 0.25) is 11.8 Å². The van der Waals surface area contributed by atoms with Crippen LogP contribution in [0.15, 0.2) is 0 Å². The van der Waals surface area contributed by atoms with Crippen LogP contribution in [-0.4, -0.2) is 53.9 Å². The fourth-order valence-electron chi connectivity index (χ4n) is 1.14. The van der Waals surface area contributed by atoms with E-state index in [1.807, 2.05) is 20.8 Å². The maximum atomic E-state index is 11.7. The lowest BCUT2D eigenvalue weighted by atomic mass is 10.1. The van der Waals surface area contributed by atoms with Gasteiger partial charge >= 0.3 is 0 Å². The summed E-state index contributed by atoms with van der Waals surface area (Å²) in [5.74, 6) is 0.917. The molecule has 0 heterocycles. The van der Waals surface area contributed by atoms with E-state index in [0.717, 1.165) is 6.42 Å². The first-order valence-corrected chi connectivity index (χ1v) is 7.29. The predicted octanol–water partition coefficient (Wildman–Crippen LogP) is 0.442. The van der Waals surface area contributed by atoms with Crippen LogP contribution in [0.3, 0.4) is 0 Å². The quantitative estimate of drug-likeness (QED) is 0.674. The molecular weight excluding hydrogens is 250 g/mol. The zero-order chi connectivity index (χ0) is 14.2. The van der Waals surface area contributed by atoms with Crippen molar-refractivity contribution in [1.82, 2.24) is 10.2 Å². The van der Waals surface area contributed by atoms with Crippen LogP contribution < -0.4 is 11.1 Å². The molecule has 0 aromatic rings. The molecule has 0 aliphatic rings. The summed E-state index contributed by atoms with van der Waals surface area (Å²) in [4.78, 5) is 24.6. The van der Waals surface area contributed by atoms with Gasteiger partial charge < -0.3 is 16.0 Å². The number of nitrogens with two attached hydrogens (primary N) is 1. The zero-order valence-electron chi connectivity index (χ0n) is 11.8. The van der Waals surface area contributed by atoms with E-state index in [4.69, 9.17) is 5.73 Å². The van der Waals surface area contributed by atoms with Crippen LogP contribution in [0.5, 0.6) is 0 Å². The maximum absolute atomic E-state index is 11.7. The molecule has 0 saturated heterocycles. The Labute approximate surface area is 114 Å². The summed E-state index contributed by atoms with van der Waals surface area (Å²) in [6, 6.07) is 0. The van der Waals surface area contributed by atoms with Crippen molar-refractivity contribution >= 4 is 23.6 Å². The minimum absolute atomic E-state index is 0.0455. The molecule has 3 N–H and O–H groups in total. The average Bonchev–Trinajstić information content (AvgIpc) is 2.24. The van der Waals surface area contributed by atoms with Gasteiger partial charge in [0.25, 0.3) is 0 Å². The van der Waals surface area contributed by atoms with Gasteiger partial charge in [0.15, 0.2) is 0 Å². The first-order valence-electron chi connectivity index (χ1n) is 6.13. The lowest BCUT2D eigenvalue weighted by Crippen LogP contribution is -2.40. The average molecular weight is 275 g/mol. The summed E-state index contributed by atoms with van der Waals surface area (Å²) in [6.45, 7) is 6.60. The summed E-state index contributed by atoms with van der Waals surface area (Å²) in [7, 11) is 1.64. The highest BCUT2D eigenvalue weighted by Gasteiger charge is 2.15. The van der Waals surface area contributed by atoms with Crippen LogP contribution >= 0.6 is 11.8 Å². The molecule has 0 bridgehead atoms. The van der Waals surface area contributed by atoms with Crippen LogP contribution in [0.2, 0.25) is 0 Å². The molecule has 5 nitrogen and oxygen atoms in total. The smallest absolute Gasteiger partial charge is 0.239 e. The number of amides is 2. The standard InChI is InChI=1S/C12H25N3O2S/c1-5-6-14-10(16)7-15(4)11(17)8-18-9-12(2,3)13/h5-9,13H2,1-4H3,(H,14,16). The fraction of sp³-hybridized carbons (Fsp3) is 0.833. The van der Waals surface area contributed by atoms with Crippen molar-refractivity contribution in [3.05, 3.63) is 0 Å². The van der Waals surface area contributed by atoms with Gasteiger partial charge in [0.05, 0.1) is 12.3 Å². The van der Waals surface area contributed by atoms with Crippen molar-refractivity contribution in [2.75, 3.05) is 31.6 Å². The number of carbonyl (C=O) groups excluding carboxylic acids is 2. The van der Waals surface area contributed by atoms with Crippen LogP contribution in [0.25, 0.3) is 0 Å². The van der Waals surface area contributed by atoms with Crippen LogP contribution in [0.4, 0.5) is 0 Å². The number of carbonyl (C=O) groups is 2. The number of likely N-dealkylation sites (N-methyl/N-ethyl adjacent to an activating group) is 1. The predicted molar refractivity (Wildman–Crippen MR) is 76.5 cm³/mol. The molecule has 2 amide bonds. The molecule has 18 heavy (non-hydrogen) atoms. The molecule has 0 unspecified atom stereocenters. The number of nitrogens with zero attached hydrogens (tertiary/aromatic N) is 1. The van der Waals surface area contributed by atoms with Gasteiger partial charge in [-0.1, -0.05) is 6.92 Å². The maximum Gasteiger partial charge on any atom is 0.239 e. The van der Waals surface area contributed by atoms with E-state index in [9.17, 15) is 9.59 Å². The van der Waals surface area contributed by atoms with Crippen molar-refractivity contribution in [2.45, 2.75) is 32.7 Å². The Morgan fingerprint density at radius 2 is 2.00 bits per heavy atom. The molecular formula is C12H25N3O2S. The summed E-state index contributed by atoms with van der Waals surface area (Å²) in [6.07, 6.45) is 0.894. The van der Waals surface area contributed by atoms with E-state index >= 15 is 0 Å². The SMILES string of the molecule is CCCNC(=O)CN(C)C(=O)CSCC(C)(C)N. The lowest BCUT2D eigenvalue weighted by molar-refractivity contribution is -0.132. The minimum Gasteiger partial charge on any atom is -0.355 e. The summed E-state index contributed by atoms with van der Waals surface area (Å²) < 4.78 is 0. The molecule has 0 aliphatic heterocycles. The van der Waals surface area contributed by atoms with Gasteiger partial charge in [-0.15, -0.1) is 0 Å². The molecule has 0 radical (unpaired) electrons. The second kappa shape index (κ2) is 8.37. The molecule has 0 saturated carbocycles. The van der Waals surface area contributed by atoms with E-state index in [2.05, 4.69) is 5.32 Å². The Hall–Kier alpha value is -0.750. The van der Waals surface area contributed by atoms with Crippen molar-refractivity contribution in [2.24, 2.45) is 5.73 Å². The monoisotopic (exact) mass is 275 g/mol. The summed E-state index contributed by atoms with van der Waals surface area (Å²) in [5.41, 5.74) is 5.55. The van der Waals surface area contributed by atoms with Gasteiger partial charge in [-0.25, -0.2) is 0 Å². The molecule has 0 aliphatic carbocycles. The van der Waals surface area contributed by atoms with Crippen LogP contribution in [-0.2, 0) is 9.59 Å². The fourth-order valence-corrected chi connectivity index (χ4v) is 2.16. The van der Waals surface area contributed by atoms with E-state index in [-0.39, 0.29) is 23.9 Å². The van der Waals surface area contributed by atoms with Crippen molar-refractivity contribution in [3.8, 4) is 0 Å². The normalized spacial score (nSPS) is 11.2.